The number of nitrogens with zero attached hydrogens (tertiary/aromatic N) is 5. The number of fused-ring (bicyclic) bond motifs is 4. The highest BCUT2D eigenvalue weighted by Crippen LogP contribution is 2.37. The molecule has 0 radical (unpaired) electrons. The summed E-state index contributed by atoms with van der Waals surface area (Å²) in [6, 6.07) is 35.8. The van der Waals surface area contributed by atoms with Gasteiger partial charge in [-0.05, 0) is 54.6 Å². The third-order valence-electron chi connectivity index (χ3n) is 7.56. The fraction of sp³-hybridized carbons (Fsp3) is 0.0294. The molecule has 0 unspecified atom stereocenters. The molecule has 0 spiro atoms. The molecular formula is C34H23N5O. The fourth-order valence-corrected chi connectivity index (χ4v) is 5.68. The highest BCUT2D eigenvalue weighted by molar-refractivity contribution is 6.11. The summed E-state index contributed by atoms with van der Waals surface area (Å²) in [5.74, 6) is 1.53. The molecule has 40 heavy (non-hydrogen) atoms. The lowest BCUT2D eigenvalue weighted by Crippen LogP contribution is -1.96. The molecule has 0 bridgehead atoms. The molecule has 0 aliphatic carbocycles. The van der Waals surface area contributed by atoms with Gasteiger partial charge in [-0.3, -0.25) is 4.98 Å². The number of imidazole rings is 1. The number of rotatable bonds is 4. The van der Waals surface area contributed by atoms with Gasteiger partial charge in [-0.1, -0.05) is 48.5 Å². The van der Waals surface area contributed by atoms with Crippen molar-refractivity contribution >= 4 is 32.8 Å². The van der Waals surface area contributed by atoms with Crippen LogP contribution in [0, 0.1) is 0 Å². The standard InChI is InChI=1S/C34H23N5O/c1-38-30-11-3-2-10-29(30)37-33(38)23-12-14-26-27-15-13-24(34-36-17-18-40-34)21-32(27)39(31(26)20-23)25-8-6-7-22(19-25)28-9-4-5-16-35-28/h2-21H,1H3. The van der Waals surface area contributed by atoms with Crippen LogP contribution in [0.1, 0.15) is 0 Å². The number of aryl methyl sites for hydroxylation is 1. The molecule has 0 atom stereocenters. The van der Waals surface area contributed by atoms with Gasteiger partial charge in [0, 0.05) is 46.4 Å². The van der Waals surface area contributed by atoms with E-state index in [1.165, 1.54) is 5.39 Å². The van der Waals surface area contributed by atoms with Crippen LogP contribution in [0.25, 0.3) is 72.6 Å². The lowest BCUT2D eigenvalue weighted by Gasteiger charge is -2.11. The Balaban J connectivity index is 1.41. The predicted molar refractivity (Wildman–Crippen MR) is 159 cm³/mol. The van der Waals surface area contributed by atoms with Crippen molar-refractivity contribution in [1.82, 2.24) is 24.1 Å². The quantitative estimate of drug-likeness (QED) is 0.237. The Labute approximate surface area is 229 Å². The monoisotopic (exact) mass is 517 g/mol. The van der Waals surface area contributed by atoms with E-state index < -0.39 is 0 Å². The van der Waals surface area contributed by atoms with Crippen LogP contribution in [0.3, 0.4) is 0 Å². The number of hydrogen-bond donors (Lipinski definition) is 0. The first-order valence-electron chi connectivity index (χ1n) is 13.2. The summed E-state index contributed by atoms with van der Waals surface area (Å²) in [5.41, 5.74) is 9.30. The average molecular weight is 518 g/mol. The van der Waals surface area contributed by atoms with Gasteiger partial charge < -0.3 is 13.6 Å². The first kappa shape index (κ1) is 22.5. The summed E-state index contributed by atoms with van der Waals surface area (Å²) in [6.45, 7) is 0. The number of benzene rings is 4. The summed E-state index contributed by atoms with van der Waals surface area (Å²) in [6.07, 6.45) is 5.11. The third-order valence-corrected chi connectivity index (χ3v) is 7.56. The van der Waals surface area contributed by atoms with Crippen molar-refractivity contribution < 1.29 is 4.42 Å². The predicted octanol–water partition coefficient (Wildman–Crippen LogP) is 8.05. The highest BCUT2D eigenvalue weighted by atomic mass is 16.3. The molecule has 8 aromatic rings. The molecule has 6 nitrogen and oxygen atoms in total. The molecule has 0 N–H and O–H groups in total. The van der Waals surface area contributed by atoms with E-state index >= 15 is 0 Å². The molecule has 0 amide bonds. The highest BCUT2D eigenvalue weighted by Gasteiger charge is 2.18. The maximum atomic E-state index is 5.64. The number of para-hydroxylation sites is 2. The molecule has 4 aromatic heterocycles. The Morgan fingerprint density at radius 3 is 2.20 bits per heavy atom. The van der Waals surface area contributed by atoms with Crippen LogP contribution in [-0.2, 0) is 7.05 Å². The Morgan fingerprint density at radius 1 is 0.625 bits per heavy atom. The molecule has 0 fully saturated rings. The van der Waals surface area contributed by atoms with E-state index in [0.717, 1.165) is 61.3 Å². The van der Waals surface area contributed by atoms with Crippen LogP contribution >= 0.6 is 0 Å². The van der Waals surface area contributed by atoms with E-state index in [9.17, 15) is 0 Å². The lowest BCUT2D eigenvalue weighted by molar-refractivity contribution is 0.574. The zero-order valence-corrected chi connectivity index (χ0v) is 21.7. The van der Waals surface area contributed by atoms with Gasteiger partial charge in [0.2, 0.25) is 5.89 Å². The van der Waals surface area contributed by atoms with Crippen molar-refractivity contribution in [2.45, 2.75) is 0 Å². The molecule has 4 aromatic carbocycles. The van der Waals surface area contributed by atoms with Gasteiger partial charge in [-0.2, -0.15) is 0 Å². The zero-order valence-electron chi connectivity index (χ0n) is 21.7. The van der Waals surface area contributed by atoms with Gasteiger partial charge in [0.1, 0.15) is 12.1 Å². The van der Waals surface area contributed by atoms with Crippen LogP contribution in [-0.4, -0.2) is 24.1 Å². The van der Waals surface area contributed by atoms with Crippen molar-refractivity contribution in [3.05, 3.63) is 122 Å². The minimum absolute atomic E-state index is 0.598. The summed E-state index contributed by atoms with van der Waals surface area (Å²) in [5, 5.41) is 2.32. The van der Waals surface area contributed by atoms with Crippen molar-refractivity contribution in [1.29, 1.82) is 0 Å². The molecule has 190 valence electrons. The van der Waals surface area contributed by atoms with Crippen molar-refractivity contribution in [3.8, 4) is 39.8 Å². The second-order valence-corrected chi connectivity index (χ2v) is 9.88. The normalized spacial score (nSPS) is 11.6. The maximum Gasteiger partial charge on any atom is 0.225 e. The van der Waals surface area contributed by atoms with Crippen molar-refractivity contribution in [2.24, 2.45) is 7.05 Å². The van der Waals surface area contributed by atoms with Gasteiger partial charge >= 0.3 is 0 Å². The molecule has 0 aliphatic heterocycles. The molecule has 6 heteroatoms. The minimum Gasteiger partial charge on any atom is -0.445 e. The maximum absolute atomic E-state index is 5.64. The smallest absolute Gasteiger partial charge is 0.225 e. The molecule has 4 heterocycles. The Kier molecular flexibility index (Phi) is 4.94. The SMILES string of the molecule is Cn1c(-c2ccc3c4ccc(-c5ncco5)cc4n(-c4cccc(-c5ccccn5)c4)c3c2)nc2ccccc21. The Morgan fingerprint density at radius 2 is 1.43 bits per heavy atom. The minimum atomic E-state index is 0.598. The number of hydrogen-bond acceptors (Lipinski definition) is 4. The molecule has 0 aliphatic rings. The average Bonchev–Trinajstić information content (AvgIpc) is 3.74. The van der Waals surface area contributed by atoms with E-state index in [2.05, 4.69) is 105 Å². The Hall–Kier alpha value is -5.49. The van der Waals surface area contributed by atoms with Crippen molar-refractivity contribution in [3.63, 3.8) is 0 Å². The zero-order chi connectivity index (χ0) is 26.6. The summed E-state index contributed by atoms with van der Waals surface area (Å²) >= 11 is 0. The van der Waals surface area contributed by atoms with Gasteiger partial charge in [-0.15, -0.1) is 0 Å². The lowest BCUT2D eigenvalue weighted by atomic mass is 10.1. The topological polar surface area (TPSA) is 61.7 Å². The van der Waals surface area contributed by atoms with Crippen LogP contribution in [0.15, 0.2) is 126 Å². The van der Waals surface area contributed by atoms with Gasteiger partial charge in [0.05, 0.1) is 34.0 Å². The van der Waals surface area contributed by atoms with E-state index in [1.807, 2.05) is 30.5 Å². The first-order chi connectivity index (χ1) is 19.7. The largest absolute Gasteiger partial charge is 0.445 e. The molecule has 0 saturated heterocycles. The number of pyridine rings is 1. The summed E-state index contributed by atoms with van der Waals surface area (Å²) < 4.78 is 10.1. The fourth-order valence-electron chi connectivity index (χ4n) is 5.68. The van der Waals surface area contributed by atoms with Gasteiger partial charge in [-0.25, -0.2) is 9.97 Å². The van der Waals surface area contributed by atoms with Crippen LogP contribution in [0.2, 0.25) is 0 Å². The second kappa shape index (κ2) is 8.78. The van der Waals surface area contributed by atoms with E-state index in [4.69, 9.17) is 9.40 Å². The van der Waals surface area contributed by atoms with Crippen LogP contribution < -0.4 is 0 Å². The van der Waals surface area contributed by atoms with Crippen LogP contribution in [0.4, 0.5) is 0 Å². The number of aromatic nitrogens is 5. The van der Waals surface area contributed by atoms with Crippen LogP contribution in [0.5, 0.6) is 0 Å². The van der Waals surface area contributed by atoms with E-state index in [-0.39, 0.29) is 0 Å². The Bertz CT molecular complexity index is 2170. The molecular weight excluding hydrogens is 494 g/mol. The molecule has 8 rings (SSSR count). The van der Waals surface area contributed by atoms with Gasteiger partial charge in [0.15, 0.2) is 0 Å². The molecule has 0 saturated carbocycles. The third kappa shape index (κ3) is 3.47. The van der Waals surface area contributed by atoms with E-state index in [0.29, 0.717) is 5.89 Å². The summed E-state index contributed by atoms with van der Waals surface area (Å²) in [7, 11) is 2.07. The van der Waals surface area contributed by atoms with E-state index in [1.54, 1.807) is 12.5 Å². The first-order valence-corrected chi connectivity index (χ1v) is 13.2. The van der Waals surface area contributed by atoms with Crippen molar-refractivity contribution in [2.75, 3.05) is 0 Å². The number of oxazole rings is 1. The second-order valence-electron chi connectivity index (χ2n) is 9.88. The van der Waals surface area contributed by atoms with Gasteiger partial charge in [0.25, 0.3) is 0 Å². The summed E-state index contributed by atoms with van der Waals surface area (Å²) in [4.78, 5) is 14.0.